The number of hydrogen-bond donors (Lipinski definition) is 0. The van der Waals surface area contributed by atoms with Crippen molar-refractivity contribution in [2.45, 2.75) is 25.9 Å². The van der Waals surface area contributed by atoms with Gasteiger partial charge in [0, 0.05) is 38.6 Å². The van der Waals surface area contributed by atoms with Gasteiger partial charge in [0.2, 0.25) is 0 Å². The van der Waals surface area contributed by atoms with Gasteiger partial charge >= 0.3 is 5.76 Å². The van der Waals surface area contributed by atoms with Crippen molar-refractivity contribution < 1.29 is 4.42 Å². The predicted molar refractivity (Wildman–Crippen MR) is 91.9 cm³/mol. The molecule has 0 saturated carbocycles. The minimum atomic E-state index is -0.261. The van der Waals surface area contributed by atoms with Crippen LogP contribution in [0.25, 0.3) is 11.1 Å². The first kappa shape index (κ1) is 15.2. The summed E-state index contributed by atoms with van der Waals surface area (Å²) in [6.07, 6.45) is 8.20. The van der Waals surface area contributed by atoms with Crippen molar-refractivity contribution in [2.75, 3.05) is 19.6 Å². The van der Waals surface area contributed by atoms with Crippen LogP contribution in [0.3, 0.4) is 0 Å². The minimum Gasteiger partial charge on any atom is -0.408 e. The molecule has 3 heterocycles. The number of oxazole rings is 1. The molecule has 3 aromatic rings. The molecule has 6 nitrogen and oxygen atoms in total. The van der Waals surface area contributed by atoms with Crippen LogP contribution >= 0.6 is 0 Å². The Bertz CT molecular complexity index is 849. The molecule has 126 valence electrons. The summed E-state index contributed by atoms with van der Waals surface area (Å²) >= 11 is 0. The quantitative estimate of drug-likeness (QED) is 0.721. The molecule has 0 bridgehead atoms. The zero-order chi connectivity index (χ0) is 16.4. The second kappa shape index (κ2) is 6.65. The molecule has 1 unspecified atom stereocenters. The van der Waals surface area contributed by atoms with Gasteiger partial charge in [-0.1, -0.05) is 12.1 Å². The SMILES string of the molecule is O=c1oc2ccccc2n1CCN1CCCC(Cn2ccnc2)C1. The summed E-state index contributed by atoms with van der Waals surface area (Å²) in [4.78, 5) is 18.6. The highest BCUT2D eigenvalue weighted by atomic mass is 16.4. The van der Waals surface area contributed by atoms with Gasteiger partial charge < -0.3 is 13.9 Å². The number of imidazole rings is 1. The molecule has 1 saturated heterocycles. The van der Waals surface area contributed by atoms with Crippen LogP contribution in [0.2, 0.25) is 0 Å². The average Bonchev–Trinajstić information content (AvgIpc) is 3.20. The first-order valence-electron chi connectivity index (χ1n) is 8.56. The second-order valence-electron chi connectivity index (χ2n) is 6.56. The van der Waals surface area contributed by atoms with Crippen molar-refractivity contribution in [3.05, 3.63) is 53.5 Å². The van der Waals surface area contributed by atoms with Crippen LogP contribution < -0.4 is 5.76 Å². The second-order valence-corrected chi connectivity index (χ2v) is 6.56. The maximum atomic E-state index is 12.1. The maximum Gasteiger partial charge on any atom is 0.419 e. The van der Waals surface area contributed by atoms with Gasteiger partial charge in [0.15, 0.2) is 5.58 Å². The number of para-hydroxylation sites is 2. The van der Waals surface area contributed by atoms with Crippen molar-refractivity contribution in [3.8, 4) is 0 Å². The lowest BCUT2D eigenvalue weighted by atomic mass is 9.98. The van der Waals surface area contributed by atoms with E-state index in [1.165, 1.54) is 12.8 Å². The van der Waals surface area contributed by atoms with E-state index in [9.17, 15) is 4.79 Å². The van der Waals surface area contributed by atoms with Gasteiger partial charge in [0.1, 0.15) is 0 Å². The summed E-state index contributed by atoms with van der Waals surface area (Å²) in [6, 6.07) is 7.62. The molecule has 1 aliphatic heterocycles. The van der Waals surface area contributed by atoms with Crippen LogP contribution in [0, 0.1) is 5.92 Å². The Hall–Kier alpha value is -2.34. The topological polar surface area (TPSA) is 56.2 Å². The molecule has 6 heteroatoms. The lowest BCUT2D eigenvalue weighted by Crippen LogP contribution is -2.39. The van der Waals surface area contributed by atoms with Crippen molar-refractivity contribution in [3.63, 3.8) is 0 Å². The van der Waals surface area contributed by atoms with Gasteiger partial charge in [-0.05, 0) is 37.4 Å². The third-order valence-corrected chi connectivity index (χ3v) is 4.84. The van der Waals surface area contributed by atoms with E-state index in [0.717, 1.165) is 31.7 Å². The van der Waals surface area contributed by atoms with E-state index < -0.39 is 0 Å². The Balaban J connectivity index is 1.40. The first-order valence-corrected chi connectivity index (χ1v) is 8.56. The van der Waals surface area contributed by atoms with Crippen LogP contribution in [0.1, 0.15) is 12.8 Å². The molecule has 0 spiro atoms. The van der Waals surface area contributed by atoms with Crippen molar-refractivity contribution >= 4 is 11.1 Å². The molecule has 0 radical (unpaired) electrons. The fourth-order valence-corrected chi connectivity index (χ4v) is 3.66. The number of hydrogen-bond acceptors (Lipinski definition) is 4. The van der Waals surface area contributed by atoms with Gasteiger partial charge in [0.05, 0.1) is 11.8 Å². The standard InChI is InChI=1S/C18H22N4O2/c23-18-22(16-5-1-2-6-17(16)24-18)11-10-20-8-3-4-15(12-20)13-21-9-7-19-14-21/h1-2,5-7,9,14-15H,3-4,8,10-13H2. The van der Waals surface area contributed by atoms with Crippen LogP contribution in [-0.4, -0.2) is 38.7 Å². The van der Waals surface area contributed by atoms with Gasteiger partial charge in [-0.3, -0.25) is 4.57 Å². The fraction of sp³-hybridized carbons (Fsp3) is 0.444. The van der Waals surface area contributed by atoms with Gasteiger partial charge in [0.25, 0.3) is 0 Å². The highest BCUT2D eigenvalue weighted by Crippen LogP contribution is 2.18. The third kappa shape index (κ3) is 3.14. The normalized spacial score (nSPS) is 19.1. The molecule has 1 atom stereocenters. The summed E-state index contributed by atoms with van der Waals surface area (Å²) in [7, 11) is 0. The molecule has 24 heavy (non-hydrogen) atoms. The Kier molecular flexibility index (Phi) is 4.21. The Morgan fingerprint density at radius 2 is 2.17 bits per heavy atom. The van der Waals surface area contributed by atoms with Crippen LogP contribution in [0.4, 0.5) is 0 Å². The Labute approximate surface area is 140 Å². The number of fused-ring (bicyclic) bond motifs is 1. The number of benzene rings is 1. The van der Waals surface area contributed by atoms with Gasteiger partial charge in [-0.2, -0.15) is 0 Å². The molecule has 0 aliphatic carbocycles. The zero-order valence-electron chi connectivity index (χ0n) is 13.7. The summed E-state index contributed by atoms with van der Waals surface area (Å²) in [5, 5.41) is 0. The Morgan fingerprint density at radius 1 is 1.25 bits per heavy atom. The van der Waals surface area contributed by atoms with Crippen molar-refractivity contribution in [2.24, 2.45) is 5.92 Å². The average molecular weight is 326 g/mol. The summed E-state index contributed by atoms with van der Waals surface area (Å²) < 4.78 is 9.21. The monoisotopic (exact) mass is 326 g/mol. The highest BCUT2D eigenvalue weighted by Gasteiger charge is 2.20. The largest absolute Gasteiger partial charge is 0.419 e. The molecule has 1 aromatic carbocycles. The van der Waals surface area contributed by atoms with Crippen molar-refractivity contribution in [1.82, 2.24) is 19.0 Å². The number of nitrogens with zero attached hydrogens (tertiary/aromatic N) is 4. The zero-order valence-corrected chi connectivity index (χ0v) is 13.7. The first-order chi connectivity index (χ1) is 11.8. The van der Waals surface area contributed by atoms with E-state index in [4.69, 9.17) is 4.42 Å². The smallest absolute Gasteiger partial charge is 0.408 e. The molecular weight excluding hydrogens is 304 g/mol. The van der Waals surface area contributed by atoms with Crippen molar-refractivity contribution in [1.29, 1.82) is 0 Å². The summed E-state index contributed by atoms with van der Waals surface area (Å²) in [5.74, 6) is 0.383. The fourth-order valence-electron chi connectivity index (χ4n) is 3.66. The molecule has 4 rings (SSSR count). The van der Waals surface area contributed by atoms with Gasteiger partial charge in [-0.25, -0.2) is 9.78 Å². The lowest BCUT2D eigenvalue weighted by Gasteiger charge is -2.32. The molecule has 2 aromatic heterocycles. The number of piperidine rings is 1. The van der Waals surface area contributed by atoms with Crippen LogP contribution in [0.15, 0.2) is 52.2 Å². The Morgan fingerprint density at radius 3 is 3.04 bits per heavy atom. The van der Waals surface area contributed by atoms with Crippen LogP contribution in [0.5, 0.6) is 0 Å². The highest BCUT2D eigenvalue weighted by molar-refractivity contribution is 5.72. The van der Waals surface area contributed by atoms with E-state index in [2.05, 4.69) is 14.5 Å². The number of aromatic nitrogens is 3. The van der Waals surface area contributed by atoms with Gasteiger partial charge in [-0.15, -0.1) is 0 Å². The number of rotatable bonds is 5. The summed E-state index contributed by atoms with van der Waals surface area (Å²) in [6.45, 7) is 4.75. The maximum absolute atomic E-state index is 12.1. The predicted octanol–water partition coefficient (Wildman–Crippen LogP) is 2.20. The molecule has 0 N–H and O–H groups in total. The molecule has 0 amide bonds. The van der Waals surface area contributed by atoms with Crippen LogP contribution in [-0.2, 0) is 13.1 Å². The lowest BCUT2D eigenvalue weighted by molar-refractivity contribution is 0.157. The molecule has 1 aliphatic rings. The third-order valence-electron chi connectivity index (χ3n) is 4.84. The molecular formula is C18H22N4O2. The van der Waals surface area contributed by atoms with E-state index in [1.54, 1.807) is 4.57 Å². The number of likely N-dealkylation sites (tertiary alicyclic amines) is 1. The summed E-state index contributed by atoms with van der Waals surface area (Å²) in [5.41, 5.74) is 1.55. The van der Waals surface area contributed by atoms with E-state index in [0.29, 0.717) is 18.0 Å². The van der Waals surface area contributed by atoms with E-state index in [1.807, 2.05) is 43.0 Å². The minimum absolute atomic E-state index is 0.261. The molecule has 1 fully saturated rings. The van der Waals surface area contributed by atoms with E-state index in [-0.39, 0.29) is 5.76 Å². The van der Waals surface area contributed by atoms with E-state index >= 15 is 0 Å².